The van der Waals surface area contributed by atoms with E-state index in [0.29, 0.717) is 48.4 Å². The Bertz CT molecular complexity index is 1380. The predicted molar refractivity (Wildman–Crippen MR) is 148 cm³/mol. The number of pyridine rings is 1. The van der Waals surface area contributed by atoms with E-state index in [4.69, 9.17) is 26.1 Å². The first kappa shape index (κ1) is 26.2. The highest BCUT2D eigenvalue weighted by Crippen LogP contribution is 2.29. The number of fused-ring (bicyclic) bond motifs is 1. The van der Waals surface area contributed by atoms with Crippen LogP contribution in [0.3, 0.4) is 0 Å². The van der Waals surface area contributed by atoms with Gasteiger partial charge in [0, 0.05) is 43.7 Å². The van der Waals surface area contributed by atoms with Crippen LogP contribution >= 0.6 is 11.6 Å². The van der Waals surface area contributed by atoms with E-state index in [1.807, 2.05) is 18.2 Å². The van der Waals surface area contributed by atoms with Crippen molar-refractivity contribution in [3.8, 4) is 5.75 Å². The lowest BCUT2D eigenvalue weighted by Crippen LogP contribution is -2.35. The molecule has 202 valence electrons. The number of hydrogen-bond donors (Lipinski definition) is 2. The zero-order valence-corrected chi connectivity index (χ0v) is 22.5. The van der Waals surface area contributed by atoms with Gasteiger partial charge >= 0.3 is 0 Å². The van der Waals surface area contributed by atoms with Gasteiger partial charge in [0.2, 0.25) is 5.95 Å². The van der Waals surface area contributed by atoms with Crippen molar-refractivity contribution >= 4 is 45.9 Å². The minimum absolute atomic E-state index is 0.129. The van der Waals surface area contributed by atoms with Crippen LogP contribution in [-0.4, -0.2) is 60.4 Å². The lowest BCUT2D eigenvalue weighted by atomic mass is 10.0. The van der Waals surface area contributed by atoms with E-state index in [1.54, 1.807) is 16.8 Å². The molecule has 0 aliphatic carbocycles. The zero-order chi connectivity index (χ0) is 26.6. The number of rotatable bonds is 9. The number of piperidine rings is 1. The normalized spacial score (nSPS) is 17.8. The number of benzene rings is 1. The molecular weight excluding hydrogens is 508 g/mol. The van der Waals surface area contributed by atoms with Crippen molar-refractivity contribution in [3.05, 3.63) is 45.8 Å². The molecule has 0 saturated carbocycles. The average molecular weight is 541 g/mol. The Labute approximate surface area is 226 Å². The molecule has 0 bridgehead atoms. The average Bonchev–Trinajstić information content (AvgIpc) is 2.89. The number of ether oxygens (including phenoxy) is 2. The van der Waals surface area contributed by atoms with Gasteiger partial charge in [0.25, 0.3) is 11.5 Å². The molecule has 10 nitrogen and oxygen atoms in total. The number of amides is 1. The fourth-order valence-corrected chi connectivity index (χ4v) is 4.99. The monoisotopic (exact) mass is 540 g/mol. The third-order valence-corrected chi connectivity index (χ3v) is 7.38. The number of likely N-dealkylation sites (N-methyl/N-ethyl adjacent to an activating group) is 1. The van der Waals surface area contributed by atoms with Crippen LogP contribution in [0, 0.1) is 11.8 Å². The third-order valence-electron chi connectivity index (χ3n) is 7.10. The first-order chi connectivity index (χ1) is 18.4. The highest BCUT2D eigenvalue weighted by Gasteiger charge is 2.21. The maximum Gasteiger partial charge on any atom is 0.293 e. The van der Waals surface area contributed by atoms with Crippen LogP contribution < -0.4 is 25.8 Å². The summed E-state index contributed by atoms with van der Waals surface area (Å²) < 4.78 is 12.6. The molecule has 2 N–H and O–H groups in total. The lowest BCUT2D eigenvalue weighted by molar-refractivity contribution is -0.122. The SMILES string of the molecule is CNC(=O)COc1cc2cc(Nc3nc(N4CCCC(C)C4)ncc3Cl)ccc2n(CCC2COC2)c1=O. The predicted octanol–water partition coefficient (Wildman–Crippen LogP) is 3.59. The Morgan fingerprint density at radius 3 is 2.87 bits per heavy atom. The van der Waals surface area contributed by atoms with Gasteiger partial charge in [0.1, 0.15) is 5.02 Å². The van der Waals surface area contributed by atoms with Crippen LogP contribution in [0.4, 0.5) is 17.5 Å². The maximum atomic E-state index is 13.3. The van der Waals surface area contributed by atoms with Gasteiger partial charge in [-0.3, -0.25) is 9.59 Å². The molecule has 1 atom stereocenters. The number of aromatic nitrogens is 3. The molecule has 2 aromatic heterocycles. The Kier molecular flexibility index (Phi) is 7.99. The molecule has 5 rings (SSSR count). The second-order valence-electron chi connectivity index (χ2n) is 10.1. The van der Waals surface area contributed by atoms with Gasteiger partial charge < -0.3 is 29.6 Å². The first-order valence-electron chi connectivity index (χ1n) is 13.0. The number of aryl methyl sites for hydroxylation is 1. The van der Waals surface area contributed by atoms with E-state index in [9.17, 15) is 9.59 Å². The van der Waals surface area contributed by atoms with E-state index in [2.05, 4.69) is 27.4 Å². The number of halogens is 1. The number of anilines is 3. The lowest BCUT2D eigenvalue weighted by Gasteiger charge is -2.31. The van der Waals surface area contributed by atoms with Gasteiger partial charge in [-0.05, 0) is 49.4 Å². The summed E-state index contributed by atoms with van der Waals surface area (Å²) in [7, 11) is 1.53. The highest BCUT2D eigenvalue weighted by molar-refractivity contribution is 6.32. The molecule has 2 aliphatic rings. The standard InChI is InChI=1S/C27H33ClN6O4/c1-17-4-3-8-33(13-17)27-30-12-21(28)25(32-27)31-20-5-6-22-19(10-20)11-23(38-16-24(35)29-2)26(36)34(22)9-7-18-14-37-15-18/h5-6,10-12,17-18H,3-4,7-9,13-16H2,1-2H3,(H,29,35)(H,30,31,32). The molecule has 38 heavy (non-hydrogen) atoms. The summed E-state index contributed by atoms with van der Waals surface area (Å²) >= 11 is 6.46. The van der Waals surface area contributed by atoms with Crippen molar-refractivity contribution in [1.29, 1.82) is 0 Å². The summed E-state index contributed by atoms with van der Waals surface area (Å²) in [6.45, 7) is 5.80. The van der Waals surface area contributed by atoms with Gasteiger partial charge in [-0.1, -0.05) is 18.5 Å². The molecule has 1 amide bonds. The Morgan fingerprint density at radius 1 is 1.29 bits per heavy atom. The van der Waals surface area contributed by atoms with Crippen molar-refractivity contribution in [3.63, 3.8) is 0 Å². The van der Waals surface area contributed by atoms with Crippen molar-refractivity contribution in [2.24, 2.45) is 11.8 Å². The van der Waals surface area contributed by atoms with Gasteiger partial charge in [-0.15, -0.1) is 0 Å². The van der Waals surface area contributed by atoms with Crippen molar-refractivity contribution in [2.45, 2.75) is 32.7 Å². The third kappa shape index (κ3) is 5.86. The van der Waals surface area contributed by atoms with Crippen LogP contribution in [0.15, 0.2) is 35.3 Å². The smallest absolute Gasteiger partial charge is 0.293 e. The quantitative estimate of drug-likeness (QED) is 0.424. The summed E-state index contributed by atoms with van der Waals surface area (Å²) in [6, 6.07) is 7.40. The van der Waals surface area contributed by atoms with Crippen molar-refractivity contribution in [2.75, 3.05) is 50.2 Å². The summed E-state index contributed by atoms with van der Waals surface area (Å²) in [4.78, 5) is 36.4. The number of carbonyl (C=O) groups is 1. The minimum atomic E-state index is -0.310. The highest BCUT2D eigenvalue weighted by atomic mass is 35.5. The number of nitrogens with one attached hydrogen (secondary N) is 2. The molecule has 1 unspecified atom stereocenters. The molecule has 0 spiro atoms. The van der Waals surface area contributed by atoms with Crippen molar-refractivity contribution < 1.29 is 14.3 Å². The van der Waals surface area contributed by atoms with E-state index in [-0.39, 0.29) is 23.8 Å². The van der Waals surface area contributed by atoms with Gasteiger partial charge in [0.15, 0.2) is 18.2 Å². The molecule has 2 aliphatic heterocycles. The van der Waals surface area contributed by atoms with Gasteiger partial charge in [0.05, 0.1) is 24.9 Å². The van der Waals surface area contributed by atoms with Crippen LogP contribution in [0.5, 0.6) is 5.75 Å². The molecule has 3 aromatic rings. The number of nitrogens with zero attached hydrogens (tertiary/aromatic N) is 4. The number of hydrogen-bond acceptors (Lipinski definition) is 8. The largest absolute Gasteiger partial charge is 0.478 e. The molecule has 1 aromatic carbocycles. The fraction of sp³-hybridized carbons (Fsp3) is 0.481. The first-order valence-corrected chi connectivity index (χ1v) is 13.4. The van der Waals surface area contributed by atoms with E-state index >= 15 is 0 Å². The molecule has 11 heteroatoms. The Balaban J connectivity index is 1.45. The minimum Gasteiger partial charge on any atom is -0.478 e. The van der Waals surface area contributed by atoms with Crippen LogP contribution in [0.25, 0.3) is 10.9 Å². The van der Waals surface area contributed by atoms with Crippen LogP contribution in [0.1, 0.15) is 26.2 Å². The molecule has 2 saturated heterocycles. The van der Waals surface area contributed by atoms with Crippen LogP contribution in [-0.2, 0) is 16.1 Å². The van der Waals surface area contributed by atoms with E-state index < -0.39 is 0 Å². The van der Waals surface area contributed by atoms with Gasteiger partial charge in [-0.2, -0.15) is 4.98 Å². The Morgan fingerprint density at radius 2 is 2.13 bits per heavy atom. The van der Waals surface area contributed by atoms with E-state index in [1.165, 1.54) is 13.5 Å². The van der Waals surface area contributed by atoms with Crippen LogP contribution in [0.2, 0.25) is 5.02 Å². The van der Waals surface area contributed by atoms with Gasteiger partial charge in [-0.25, -0.2) is 4.98 Å². The fourth-order valence-electron chi connectivity index (χ4n) is 4.85. The van der Waals surface area contributed by atoms with E-state index in [0.717, 1.165) is 42.5 Å². The van der Waals surface area contributed by atoms with Crippen molar-refractivity contribution in [1.82, 2.24) is 19.9 Å². The molecule has 4 heterocycles. The maximum absolute atomic E-state index is 13.3. The molecule has 2 fully saturated rings. The molecule has 0 radical (unpaired) electrons. The topological polar surface area (TPSA) is 111 Å². The second kappa shape index (κ2) is 11.6. The summed E-state index contributed by atoms with van der Waals surface area (Å²) in [5.41, 5.74) is 1.28. The summed E-state index contributed by atoms with van der Waals surface area (Å²) in [5, 5.41) is 7.04. The summed E-state index contributed by atoms with van der Waals surface area (Å²) in [5.74, 6) is 2.02. The molecular formula is C27H33ClN6O4. The second-order valence-corrected chi connectivity index (χ2v) is 10.5. The summed E-state index contributed by atoms with van der Waals surface area (Å²) in [6.07, 6.45) is 4.77. The Hall–Kier alpha value is -3.37. The zero-order valence-electron chi connectivity index (χ0n) is 21.7. The number of carbonyl (C=O) groups excluding carboxylic acids is 1.